The summed E-state index contributed by atoms with van der Waals surface area (Å²) in [4.78, 5) is 0.743. The van der Waals surface area contributed by atoms with Crippen LogP contribution in [0, 0.1) is 0 Å². The molecule has 0 radical (unpaired) electrons. The number of thiocarbonyl (C=S) groups is 1. The molecule has 0 saturated heterocycles. The second-order valence-corrected chi connectivity index (χ2v) is 2.12. The molecule has 0 aromatic rings. The summed E-state index contributed by atoms with van der Waals surface area (Å²) < 4.78 is 0. The van der Waals surface area contributed by atoms with Gasteiger partial charge in [0.05, 0.1) is 11.0 Å². The van der Waals surface area contributed by atoms with E-state index in [-0.39, 0.29) is 6.04 Å². The second-order valence-electron chi connectivity index (χ2n) is 1.68. The van der Waals surface area contributed by atoms with Crippen LogP contribution >= 0.6 is 12.2 Å². The lowest BCUT2D eigenvalue weighted by Gasteiger charge is -2.06. The highest BCUT2D eigenvalue weighted by Crippen LogP contribution is 1.77. The number of nitrogens with one attached hydrogen (secondary N) is 1. The Morgan fingerprint density at radius 3 is 2.50 bits per heavy atom. The highest BCUT2D eigenvalue weighted by molar-refractivity contribution is 7.80. The molecular weight excluding hydrogens is 120 g/mol. The van der Waals surface area contributed by atoms with E-state index in [0.717, 1.165) is 11.5 Å². The summed E-state index contributed by atoms with van der Waals surface area (Å²) >= 11 is 4.84. The molecule has 0 saturated carbocycles. The van der Waals surface area contributed by atoms with Crippen LogP contribution in [0.4, 0.5) is 0 Å². The molecule has 0 fully saturated rings. The molecule has 0 aliphatic carbocycles. The van der Waals surface area contributed by atoms with Gasteiger partial charge in [0.1, 0.15) is 0 Å². The Labute approximate surface area is 55.4 Å². The van der Waals surface area contributed by atoms with Gasteiger partial charge in [-0.2, -0.15) is 0 Å². The third kappa shape index (κ3) is 2.93. The topological polar surface area (TPSA) is 38.0 Å². The van der Waals surface area contributed by atoms with Gasteiger partial charge in [0.15, 0.2) is 0 Å². The van der Waals surface area contributed by atoms with Crippen molar-refractivity contribution in [3.63, 3.8) is 0 Å². The highest BCUT2D eigenvalue weighted by atomic mass is 32.1. The van der Waals surface area contributed by atoms with Gasteiger partial charge < -0.3 is 11.1 Å². The van der Waals surface area contributed by atoms with Crippen LogP contribution in [0.2, 0.25) is 0 Å². The number of nitrogens with two attached hydrogens (primary N) is 1. The average molecular weight is 132 g/mol. The maximum Gasteiger partial charge on any atom is 0.0920 e. The first-order chi connectivity index (χ1) is 3.68. The van der Waals surface area contributed by atoms with E-state index in [4.69, 9.17) is 18.0 Å². The number of hydrogen-bond donors (Lipinski definition) is 2. The molecule has 0 aromatic carbocycles. The molecule has 0 aliphatic heterocycles. The zero-order chi connectivity index (χ0) is 6.57. The molecule has 0 bridgehead atoms. The van der Waals surface area contributed by atoms with E-state index in [1.54, 1.807) is 0 Å². The standard InChI is InChI=1S/C5H12N2S/c1-3-7-5(8)4(2)6/h4H,3,6H2,1-2H3,(H,7,8). The second kappa shape index (κ2) is 3.80. The van der Waals surface area contributed by atoms with E-state index in [1.807, 2.05) is 13.8 Å². The van der Waals surface area contributed by atoms with Crippen molar-refractivity contribution in [2.75, 3.05) is 6.54 Å². The molecule has 0 spiro atoms. The summed E-state index contributed by atoms with van der Waals surface area (Å²) in [5, 5.41) is 2.95. The smallest absolute Gasteiger partial charge is 0.0920 e. The Morgan fingerprint density at radius 2 is 2.38 bits per heavy atom. The first kappa shape index (κ1) is 7.85. The lowest BCUT2D eigenvalue weighted by Crippen LogP contribution is -2.36. The summed E-state index contributed by atoms with van der Waals surface area (Å²) in [6.07, 6.45) is 0. The molecule has 48 valence electrons. The lowest BCUT2D eigenvalue weighted by atomic mass is 10.3. The predicted molar refractivity (Wildman–Crippen MR) is 39.9 cm³/mol. The van der Waals surface area contributed by atoms with Gasteiger partial charge in [-0.05, 0) is 13.8 Å². The molecule has 1 atom stereocenters. The van der Waals surface area contributed by atoms with Crippen molar-refractivity contribution < 1.29 is 0 Å². The molecule has 2 nitrogen and oxygen atoms in total. The predicted octanol–water partition coefficient (Wildman–Crippen LogP) is 0.271. The van der Waals surface area contributed by atoms with Crippen LogP contribution in [0.3, 0.4) is 0 Å². The Bertz CT molecular complexity index is 80.5. The van der Waals surface area contributed by atoms with Crippen LogP contribution in [0.5, 0.6) is 0 Å². The van der Waals surface area contributed by atoms with Gasteiger partial charge in [0.25, 0.3) is 0 Å². The van der Waals surface area contributed by atoms with Crippen molar-refractivity contribution in [1.82, 2.24) is 5.32 Å². The zero-order valence-electron chi connectivity index (χ0n) is 5.27. The van der Waals surface area contributed by atoms with Gasteiger partial charge in [-0.25, -0.2) is 0 Å². The van der Waals surface area contributed by atoms with E-state index in [9.17, 15) is 0 Å². The summed E-state index contributed by atoms with van der Waals surface area (Å²) in [6, 6.07) is -0.00931. The van der Waals surface area contributed by atoms with Crippen molar-refractivity contribution >= 4 is 17.2 Å². The van der Waals surface area contributed by atoms with Crippen molar-refractivity contribution in [3.8, 4) is 0 Å². The van der Waals surface area contributed by atoms with E-state index >= 15 is 0 Å². The molecule has 3 heteroatoms. The minimum Gasteiger partial charge on any atom is -0.379 e. The normalized spacial score (nSPS) is 12.9. The minimum atomic E-state index is -0.00931. The van der Waals surface area contributed by atoms with Crippen LogP contribution in [-0.2, 0) is 0 Å². The molecule has 8 heavy (non-hydrogen) atoms. The molecular formula is C5H12N2S. The van der Waals surface area contributed by atoms with Gasteiger partial charge in [-0.3, -0.25) is 0 Å². The van der Waals surface area contributed by atoms with Crippen LogP contribution < -0.4 is 11.1 Å². The Balaban J connectivity index is 3.33. The molecule has 0 aromatic heterocycles. The fraction of sp³-hybridized carbons (Fsp3) is 0.800. The van der Waals surface area contributed by atoms with Crippen molar-refractivity contribution in [2.45, 2.75) is 19.9 Å². The average Bonchev–Trinajstić information content (AvgIpc) is 1.67. The maximum atomic E-state index is 5.42. The first-order valence-electron chi connectivity index (χ1n) is 2.71. The highest BCUT2D eigenvalue weighted by Gasteiger charge is 1.97. The largest absolute Gasteiger partial charge is 0.379 e. The van der Waals surface area contributed by atoms with Crippen molar-refractivity contribution in [3.05, 3.63) is 0 Å². The fourth-order valence-electron chi connectivity index (χ4n) is 0.335. The monoisotopic (exact) mass is 132 g/mol. The van der Waals surface area contributed by atoms with E-state index in [2.05, 4.69) is 5.32 Å². The number of hydrogen-bond acceptors (Lipinski definition) is 2. The Hall–Kier alpha value is -0.150. The number of rotatable bonds is 2. The SMILES string of the molecule is CCNC(=S)C(C)N. The van der Waals surface area contributed by atoms with Crippen LogP contribution in [0.25, 0.3) is 0 Å². The summed E-state index contributed by atoms with van der Waals surface area (Å²) in [7, 11) is 0. The van der Waals surface area contributed by atoms with Gasteiger partial charge in [-0.1, -0.05) is 12.2 Å². The molecule has 1 unspecified atom stereocenters. The molecule has 0 amide bonds. The van der Waals surface area contributed by atoms with Crippen molar-refractivity contribution in [2.24, 2.45) is 5.73 Å². The Kier molecular flexibility index (Phi) is 3.73. The van der Waals surface area contributed by atoms with Crippen LogP contribution in [0.1, 0.15) is 13.8 Å². The summed E-state index contributed by atoms with van der Waals surface area (Å²) in [5.74, 6) is 0. The van der Waals surface area contributed by atoms with E-state index < -0.39 is 0 Å². The summed E-state index contributed by atoms with van der Waals surface area (Å²) in [5.41, 5.74) is 5.42. The van der Waals surface area contributed by atoms with E-state index in [0.29, 0.717) is 0 Å². The Morgan fingerprint density at radius 1 is 1.88 bits per heavy atom. The molecule has 3 N–H and O–H groups in total. The van der Waals surface area contributed by atoms with E-state index in [1.165, 1.54) is 0 Å². The van der Waals surface area contributed by atoms with Gasteiger partial charge in [0, 0.05) is 6.54 Å². The lowest BCUT2D eigenvalue weighted by molar-refractivity contribution is 0.886. The quantitative estimate of drug-likeness (QED) is 0.530. The minimum absolute atomic E-state index is 0.00931. The van der Waals surface area contributed by atoms with Crippen LogP contribution in [0.15, 0.2) is 0 Å². The van der Waals surface area contributed by atoms with Crippen molar-refractivity contribution in [1.29, 1.82) is 0 Å². The maximum absolute atomic E-state index is 5.42. The van der Waals surface area contributed by atoms with Gasteiger partial charge >= 0.3 is 0 Å². The zero-order valence-corrected chi connectivity index (χ0v) is 6.09. The molecule has 0 rings (SSSR count). The van der Waals surface area contributed by atoms with Crippen LogP contribution in [-0.4, -0.2) is 17.6 Å². The summed E-state index contributed by atoms with van der Waals surface area (Å²) in [6.45, 7) is 4.72. The number of likely N-dealkylation sites (N-methyl/N-ethyl adjacent to an activating group) is 1. The fourth-order valence-corrected chi connectivity index (χ4v) is 0.480. The van der Waals surface area contributed by atoms with Gasteiger partial charge in [0.2, 0.25) is 0 Å². The molecule has 0 aliphatic rings. The third-order valence-corrected chi connectivity index (χ3v) is 1.28. The van der Waals surface area contributed by atoms with Gasteiger partial charge in [-0.15, -0.1) is 0 Å². The molecule has 0 heterocycles. The first-order valence-corrected chi connectivity index (χ1v) is 3.12. The third-order valence-electron chi connectivity index (χ3n) is 0.765.